The molecule has 1 fully saturated rings. The van der Waals surface area contributed by atoms with Gasteiger partial charge in [0.05, 0.1) is 10.9 Å². The Kier molecular flexibility index (Phi) is 4.53. The fraction of sp³-hybridized carbons (Fsp3) is 0.235. The third kappa shape index (κ3) is 3.17. The molecule has 2 aromatic rings. The van der Waals surface area contributed by atoms with E-state index in [9.17, 15) is 13.2 Å². The van der Waals surface area contributed by atoms with Crippen molar-refractivity contribution in [2.45, 2.75) is 23.8 Å². The molecular weight excluding hydrogens is 334 g/mol. The van der Waals surface area contributed by atoms with E-state index in [2.05, 4.69) is 0 Å². The van der Waals surface area contributed by atoms with Gasteiger partial charge in [-0.3, -0.25) is 4.79 Å². The van der Waals surface area contributed by atoms with Crippen molar-refractivity contribution < 1.29 is 13.2 Å². The largest absolute Gasteiger partial charge is 0.292 e. The fourth-order valence-electron chi connectivity index (χ4n) is 2.83. The second-order valence-corrected chi connectivity index (χ2v) is 7.78. The number of benzene rings is 2. The molecule has 120 valence electrons. The van der Waals surface area contributed by atoms with E-state index in [1.807, 2.05) is 6.07 Å². The summed E-state index contributed by atoms with van der Waals surface area (Å²) in [6.45, 7) is 0.355. The summed E-state index contributed by atoms with van der Waals surface area (Å²) >= 11 is 5.82. The number of hydrogen-bond donors (Lipinski definition) is 0. The Morgan fingerprint density at radius 3 is 2.35 bits per heavy atom. The number of hydrogen-bond acceptors (Lipinski definition) is 3. The van der Waals surface area contributed by atoms with Crippen LogP contribution in [0.25, 0.3) is 0 Å². The molecule has 0 saturated carbocycles. The molecule has 1 atom stereocenters. The number of rotatable bonds is 4. The lowest BCUT2D eigenvalue weighted by Crippen LogP contribution is -2.40. The first-order valence-corrected chi connectivity index (χ1v) is 9.18. The van der Waals surface area contributed by atoms with Crippen LogP contribution < -0.4 is 0 Å². The SMILES string of the molecule is O=C(c1ccccc1)C1CCCN1S(=O)(=O)c1ccc(Cl)cc1. The van der Waals surface area contributed by atoms with Crippen LogP contribution in [-0.4, -0.2) is 31.1 Å². The first-order valence-electron chi connectivity index (χ1n) is 7.37. The first kappa shape index (κ1) is 16.2. The van der Waals surface area contributed by atoms with Gasteiger partial charge < -0.3 is 0 Å². The van der Waals surface area contributed by atoms with E-state index >= 15 is 0 Å². The monoisotopic (exact) mass is 349 g/mol. The van der Waals surface area contributed by atoms with Gasteiger partial charge in [-0.2, -0.15) is 4.31 Å². The van der Waals surface area contributed by atoms with E-state index in [1.54, 1.807) is 36.4 Å². The zero-order valence-electron chi connectivity index (χ0n) is 12.4. The third-order valence-electron chi connectivity index (χ3n) is 3.98. The molecule has 0 aromatic heterocycles. The molecule has 23 heavy (non-hydrogen) atoms. The van der Waals surface area contributed by atoms with Crippen LogP contribution in [0.15, 0.2) is 59.5 Å². The molecule has 0 spiro atoms. The van der Waals surface area contributed by atoms with Crippen LogP contribution >= 0.6 is 11.6 Å². The van der Waals surface area contributed by atoms with E-state index in [0.717, 1.165) is 0 Å². The van der Waals surface area contributed by atoms with Crippen LogP contribution in [-0.2, 0) is 10.0 Å². The minimum atomic E-state index is -3.70. The molecule has 1 aliphatic rings. The molecule has 1 saturated heterocycles. The maximum absolute atomic E-state index is 12.8. The van der Waals surface area contributed by atoms with Crippen molar-refractivity contribution >= 4 is 27.4 Å². The Balaban J connectivity index is 1.92. The summed E-state index contributed by atoms with van der Waals surface area (Å²) in [5.74, 6) is -0.152. The van der Waals surface area contributed by atoms with Gasteiger partial charge in [0.25, 0.3) is 0 Å². The van der Waals surface area contributed by atoms with Crippen LogP contribution in [0.5, 0.6) is 0 Å². The number of carbonyl (C=O) groups is 1. The predicted octanol–water partition coefficient (Wildman–Crippen LogP) is 3.38. The summed E-state index contributed by atoms with van der Waals surface area (Å²) in [5.41, 5.74) is 0.538. The van der Waals surface area contributed by atoms with Crippen molar-refractivity contribution in [3.63, 3.8) is 0 Å². The van der Waals surface area contributed by atoms with Crippen LogP contribution in [0.4, 0.5) is 0 Å². The highest BCUT2D eigenvalue weighted by molar-refractivity contribution is 7.89. The summed E-state index contributed by atoms with van der Waals surface area (Å²) in [6, 6.07) is 14.2. The van der Waals surface area contributed by atoms with Crippen LogP contribution in [0.3, 0.4) is 0 Å². The van der Waals surface area contributed by atoms with E-state index in [0.29, 0.717) is 30.0 Å². The lowest BCUT2D eigenvalue weighted by atomic mass is 10.0. The maximum atomic E-state index is 12.8. The van der Waals surface area contributed by atoms with Crippen molar-refractivity contribution in [1.29, 1.82) is 0 Å². The molecule has 4 nitrogen and oxygen atoms in total. The topological polar surface area (TPSA) is 54.5 Å². The van der Waals surface area contributed by atoms with Crippen molar-refractivity contribution in [2.75, 3.05) is 6.54 Å². The van der Waals surface area contributed by atoms with Gasteiger partial charge in [0, 0.05) is 17.1 Å². The van der Waals surface area contributed by atoms with Crippen LogP contribution in [0, 0.1) is 0 Å². The minimum Gasteiger partial charge on any atom is -0.292 e. The van der Waals surface area contributed by atoms with Gasteiger partial charge in [-0.05, 0) is 37.1 Å². The fourth-order valence-corrected chi connectivity index (χ4v) is 4.61. The van der Waals surface area contributed by atoms with Crippen molar-refractivity contribution in [2.24, 2.45) is 0 Å². The van der Waals surface area contributed by atoms with Gasteiger partial charge in [0.2, 0.25) is 10.0 Å². The number of nitrogens with zero attached hydrogens (tertiary/aromatic N) is 1. The average molecular weight is 350 g/mol. The molecule has 1 unspecified atom stereocenters. The Bertz CT molecular complexity index is 803. The van der Waals surface area contributed by atoms with Crippen LogP contribution in [0.2, 0.25) is 5.02 Å². The van der Waals surface area contributed by atoms with Crippen LogP contribution in [0.1, 0.15) is 23.2 Å². The summed E-state index contributed by atoms with van der Waals surface area (Å²) in [7, 11) is -3.70. The van der Waals surface area contributed by atoms with Crippen molar-refractivity contribution in [3.8, 4) is 0 Å². The molecule has 0 amide bonds. The second-order valence-electron chi connectivity index (χ2n) is 5.46. The van der Waals surface area contributed by atoms with Gasteiger partial charge in [0.15, 0.2) is 5.78 Å². The molecule has 0 radical (unpaired) electrons. The maximum Gasteiger partial charge on any atom is 0.243 e. The van der Waals surface area contributed by atoms with Crippen molar-refractivity contribution in [1.82, 2.24) is 4.31 Å². The highest BCUT2D eigenvalue weighted by atomic mass is 35.5. The summed E-state index contributed by atoms with van der Waals surface area (Å²) in [5, 5.41) is 0.474. The summed E-state index contributed by atoms with van der Waals surface area (Å²) in [4.78, 5) is 12.8. The summed E-state index contributed by atoms with van der Waals surface area (Å²) < 4.78 is 27.0. The quantitative estimate of drug-likeness (QED) is 0.795. The highest BCUT2D eigenvalue weighted by Gasteiger charge is 2.39. The standard InChI is InChI=1S/C17H16ClNO3S/c18-14-8-10-15(11-9-14)23(21,22)19-12-4-7-16(19)17(20)13-5-2-1-3-6-13/h1-3,5-6,8-11,16H,4,7,12H2. The minimum absolute atomic E-state index is 0.152. The Hall–Kier alpha value is -1.69. The zero-order chi connectivity index (χ0) is 16.4. The lowest BCUT2D eigenvalue weighted by molar-refractivity contribution is 0.0918. The van der Waals surface area contributed by atoms with E-state index in [1.165, 1.54) is 16.4 Å². The Labute approximate surface area is 140 Å². The molecule has 1 heterocycles. The number of sulfonamides is 1. The van der Waals surface area contributed by atoms with Gasteiger partial charge >= 0.3 is 0 Å². The lowest BCUT2D eigenvalue weighted by Gasteiger charge is -2.23. The van der Waals surface area contributed by atoms with Gasteiger partial charge in [-0.1, -0.05) is 41.9 Å². The first-order chi connectivity index (χ1) is 11.0. The van der Waals surface area contributed by atoms with E-state index in [4.69, 9.17) is 11.6 Å². The average Bonchev–Trinajstić information content (AvgIpc) is 3.06. The highest BCUT2D eigenvalue weighted by Crippen LogP contribution is 2.28. The van der Waals surface area contributed by atoms with Gasteiger partial charge in [-0.15, -0.1) is 0 Å². The smallest absolute Gasteiger partial charge is 0.243 e. The number of halogens is 1. The van der Waals surface area contributed by atoms with Crippen molar-refractivity contribution in [3.05, 3.63) is 65.2 Å². The zero-order valence-corrected chi connectivity index (χ0v) is 13.9. The van der Waals surface area contributed by atoms with Gasteiger partial charge in [-0.25, -0.2) is 8.42 Å². The molecule has 0 N–H and O–H groups in total. The number of carbonyl (C=O) groups excluding carboxylic acids is 1. The molecule has 0 aliphatic carbocycles. The Morgan fingerprint density at radius 1 is 1.04 bits per heavy atom. The molecule has 0 bridgehead atoms. The molecule has 2 aromatic carbocycles. The second kappa shape index (κ2) is 6.43. The molecule has 6 heteroatoms. The molecule has 3 rings (SSSR count). The number of Topliss-reactive ketones (excluding diaryl/α,β-unsaturated/α-hetero) is 1. The predicted molar refractivity (Wildman–Crippen MR) is 89.1 cm³/mol. The molecular formula is C17H16ClNO3S. The summed E-state index contributed by atoms with van der Waals surface area (Å²) in [6.07, 6.45) is 1.22. The van der Waals surface area contributed by atoms with Gasteiger partial charge in [0.1, 0.15) is 0 Å². The third-order valence-corrected chi connectivity index (χ3v) is 6.16. The van der Waals surface area contributed by atoms with E-state index in [-0.39, 0.29) is 10.7 Å². The van der Waals surface area contributed by atoms with E-state index < -0.39 is 16.1 Å². The molecule has 1 aliphatic heterocycles. The normalized spacial score (nSPS) is 18.9. The number of ketones is 1. The Morgan fingerprint density at radius 2 is 1.70 bits per heavy atom.